The molecule has 0 saturated carbocycles. The maximum Gasteiger partial charge on any atom is 0.309 e. The molecule has 1 heterocycles. The van der Waals surface area contributed by atoms with E-state index in [-0.39, 0.29) is 5.91 Å². The van der Waals surface area contributed by atoms with Crippen LogP contribution in [0.25, 0.3) is 0 Å². The lowest BCUT2D eigenvalue weighted by Crippen LogP contribution is -2.48. The van der Waals surface area contributed by atoms with Gasteiger partial charge in [-0.25, -0.2) is 0 Å². The van der Waals surface area contributed by atoms with Crippen molar-refractivity contribution in [1.82, 2.24) is 4.90 Å². The van der Waals surface area contributed by atoms with E-state index in [4.69, 9.17) is 4.74 Å². The van der Waals surface area contributed by atoms with E-state index >= 15 is 0 Å². The fourth-order valence-corrected chi connectivity index (χ4v) is 2.23. The molecule has 0 aliphatic carbocycles. The number of ether oxygens (including phenoxy) is 1. The molecule has 1 N–H and O–H groups in total. The number of methoxy groups -OCH3 is 1. The van der Waals surface area contributed by atoms with Crippen LogP contribution in [0.3, 0.4) is 0 Å². The number of piperidine rings is 1. The van der Waals surface area contributed by atoms with Crippen LogP contribution in [0, 0.1) is 5.41 Å². The highest BCUT2D eigenvalue weighted by molar-refractivity contribution is 5.81. The number of hydrogen-bond donors (Lipinski definition) is 1. The molecule has 1 saturated heterocycles. The van der Waals surface area contributed by atoms with Gasteiger partial charge in [0.25, 0.3) is 5.91 Å². The Balaban J connectivity index is 2.61. The molecule has 98 valence electrons. The molecule has 1 unspecified atom stereocenters. The third-order valence-corrected chi connectivity index (χ3v) is 3.86. The molecule has 1 fully saturated rings. The van der Waals surface area contributed by atoms with Gasteiger partial charge in [-0.3, -0.25) is 9.59 Å². The summed E-state index contributed by atoms with van der Waals surface area (Å²) in [6.45, 7) is 4.62. The lowest BCUT2D eigenvalue weighted by Gasteiger charge is -2.39. The van der Waals surface area contributed by atoms with Crippen LogP contribution < -0.4 is 0 Å². The average molecular weight is 243 g/mol. The first-order valence-electron chi connectivity index (χ1n) is 6.02. The average Bonchev–Trinajstić information content (AvgIpc) is 2.36. The van der Waals surface area contributed by atoms with Crippen molar-refractivity contribution in [3.05, 3.63) is 0 Å². The molecule has 5 heteroatoms. The lowest BCUT2D eigenvalue weighted by molar-refractivity contribution is -0.156. The van der Waals surface area contributed by atoms with E-state index in [2.05, 4.69) is 0 Å². The number of hydrogen-bond acceptors (Lipinski definition) is 3. The van der Waals surface area contributed by atoms with Crippen molar-refractivity contribution in [1.29, 1.82) is 0 Å². The number of carbonyl (C=O) groups is 2. The lowest BCUT2D eigenvalue weighted by atomic mass is 9.76. The Morgan fingerprint density at radius 2 is 1.94 bits per heavy atom. The number of carbonyl (C=O) groups excluding carboxylic acids is 1. The van der Waals surface area contributed by atoms with Gasteiger partial charge in [0, 0.05) is 20.2 Å². The Hall–Kier alpha value is -1.10. The van der Waals surface area contributed by atoms with E-state index in [1.807, 2.05) is 6.92 Å². The second kappa shape index (κ2) is 5.49. The summed E-state index contributed by atoms with van der Waals surface area (Å²) in [6, 6.07) is 0. The summed E-state index contributed by atoms with van der Waals surface area (Å²) in [5.74, 6) is -0.797. The van der Waals surface area contributed by atoms with E-state index < -0.39 is 17.5 Å². The van der Waals surface area contributed by atoms with Gasteiger partial charge in [-0.05, 0) is 26.2 Å². The minimum Gasteiger partial charge on any atom is -0.481 e. The monoisotopic (exact) mass is 243 g/mol. The van der Waals surface area contributed by atoms with E-state index in [9.17, 15) is 14.7 Å². The number of rotatable bonds is 4. The van der Waals surface area contributed by atoms with Gasteiger partial charge in [0.15, 0.2) is 0 Å². The van der Waals surface area contributed by atoms with Crippen molar-refractivity contribution in [3.8, 4) is 0 Å². The normalized spacial score (nSPS) is 21.0. The summed E-state index contributed by atoms with van der Waals surface area (Å²) in [5.41, 5.74) is -0.646. The number of carboxylic acids is 1. The number of amides is 1. The first kappa shape index (κ1) is 14.0. The van der Waals surface area contributed by atoms with Gasteiger partial charge in [0.2, 0.25) is 0 Å². The highest BCUT2D eigenvalue weighted by Crippen LogP contribution is 2.35. The standard InChI is InChI=1S/C12H21NO4/c1-4-12(11(15)16)5-7-13(8-6-12)10(14)9(2)17-3/h9H,4-8H2,1-3H3,(H,15,16). The smallest absolute Gasteiger partial charge is 0.309 e. The number of likely N-dealkylation sites (tertiary alicyclic amines) is 1. The van der Waals surface area contributed by atoms with E-state index in [0.717, 1.165) is 0 Å². The topological polar surface area (TPSA) is 66.8 Å². The molecule has 1 amide bonds. The molecule has 0 aromatic heterocycles. The Bertz CT molecular complexity index is 295. The maximum atomic E-state index is 11.9. The molecule has 0 aromatic rings. The van der Waals surface area contributed by atoms with Crippen LogP contribution in [0.2, 0.25) is 0 Å². The van der Waals surface area contributed by atoms with Crippen LogP contribution in [0.4, 0.5) is 0 Å². The molecule has 1 aliphatic heterocycles. The van der Waals surface area contributed by atoms with Gasteiger partial charge in [-0.2, -0.15) is 0 Å². The minimum atomic E-state index is -0.744. The second-order valence-electron chi connectivity index (χ2n) is 4.64. The Morgan fingerprint density at radius 1 is 1.41 bits per heavy atom. The minimum absolute atomic E-state index is 0.0532. The molecular weight excluding hydrogens is 222 g/mol. The highest BCUT2D eigenvalue weighted by atomic mass is 16.5. The van der Waals surface area contributed by atoms with Crippen LogP contribution in [0.1, 0.15) is 33.1 Å². The third-order valence-electron chi connectivity index (χ3n) is 3.86. The maximum absolute atomic E-state index is 11.9. The Morgan fingerprint density at radius 3 is 2.29 bits per heavy atom. The van der Waals surface area contributed by atoms with Crippen molar-refractivity contribution in [2.24, 2.45) is 5.41 Å². The Kier molecular flexibility index (Phi) is 4.51. The van der Waals surface area contributed by atoms with Crippen molar-refractivity contribution >= 4 is 11.9 Å². The molecule has 1 aliphatic rings. The summed E-state index contributed by atoms with van der Waals surface area (Å²) in [5, 5.41) is 9.24. The van der Waals surface area contributed by atoms with E-state index in [1.165, 1.54) is 7.11 Å². The van der Waals surface area contributed by atoms with Crippen LogP contribution in [-0.2, 0) is 14.3 Å². The molecule has 0 aromatic carbocycles. The second-order valence-corrected chi connectivity index (χ2v) is 4.64. The molecule has 5 nitrogen and oxygen atoms in total. The molecule has 17 heavy (non-hydrogen) atoms. The fourth-order valence-electron chi connectivity index (χ4n) is 2.23. The van der Waals surface area contributed by atoms with Crippen LogP contribution in [-0.4, -0.2) is 48.2 Å². The van der Waals surface area contributed by atoms with Gasteiger partial charge in [0.05, 0.1) is 5.41 Å². The van der Waals surface area contributed by atoms with Gasteiger partial charge < -0.3 is 14.7 Å². The van der Waals surface area contributed by atoms with Gasteiger partial charge in [-0.1, -0.05) is 6.92 Å². The first-order chi connectivity index (χ1) is 7.96. The molecular formula is C12H21NO4. The quantitative estimate of drug-likeness (QED) is 0.803. The summed E-state index contributed by atoms with van der Waals surface area (Å²) >= 11 is 0. The fraction of sp³-hybridized carbons (Fsp3) is 0.833. The molecule has 1 rings (SSSR count). The summed E-state index contributed by atoms with van der Waals surface area (Å²) in [4.78, 5) is 24.8. The highest BCUT2D eigenvalue weighted by Gasteiger charge is 2.41. The predicted octanol–water partition coefficient (Wildman–Crippen LogP) is 1.12. The molecule has 0 spiro atoms. The summed E-state index contributed by atoms with van der Waals surface area (Å²) in [6.07, 6.45) is 1.22. The molecule has 1 atom stereocenters. The molecule has 0 radical (unpaired) electrons. The van der Waals surface area contributed by atoms with Crippen molar-refractivity contribution in [3.63, 3.8) is 0 Å². The van der Waals surface area contributed by atoms with Crippen molar-refractivity contribution in [2.45, 2.75) is 39.2 Å². The zero-order valence-corrected chi connectivity index (χ0v) is 10.7. The van der Waals surface area contributed by atoms with Crippen LogP contribution in [0.15, 0.2) is 0 Å². The van der Waals surface area contributed by atoms with Crippen molar-refractivity contribution < 1.29 is 19.4 Å². The summed E-state index contributed by atoms with van der Waals surface area (Å²) < 4.78 is 4.98. The molecule has 0 bridgehead atoms. The zero-order valence-electron chi connectivity index (χ0n) is 10.7. The number of aliphatic carboxylic acids is 1. The Labute approximate surface area is 102 Å². The third kappa shape index (κ3) is 2.77. The van der Waals surface area contributed by atoms with E-state index in [1.54, 1.807) is 11.8 Å². The predicted molar refractivity (Wildman–Crippen MR) is 62.6 cm³/mol. The van der Waals surface area contributed by atoms with E-state index in [0.29, 0.717) is 32.4 Å². The first-order valence-corrected chi connectivity index (χ1v) is 6.02. The summed E-state index contributed by atoms with van der Waals surface area (Å²) in [7, 11) is 1.50. The number of carboxylic acid groups (broad SMARTS) is 1. The van der Waals surface area contributed by atoms with Gasteiger partial charge in [-0.15, -0.1) is 0 Å². The van der Waals surface area contributed by atoms with Crippen LogP contribution in [0.5, 0.6) is 0 Å². The number of nitrogens with zero attached hydrogens (tertiary/aromatic N) is 1. The van der Waals surface area contributed by atoms with Crippen LogP contribution >= 0.6 is 0 Å². The zero-order chi connectivity index (χ0) is 13.1. The van der Waals surface area contributed by atoms with Crippen molar-refractivity contribution in [2.75, 3.05) is 20.2 Å². The SMILES string of the molecule is CCC1(C(=O)O)CCN(C(=O)C(C)OC)CC1. The van der Waals surface area contributed by atoms with Gasteiger partial charge >= 0.3 is 5.97 Å². The van der Waals surface area contributed by atoms with Gasteiger partial charge in [0.1, 0.15) is 6.10 Å². The largest absolute Gasteiger partial charge is 0.481 e.